The Labute approximate surface area is 161 Å². The first kappa shape index (κ1) is 20.7. The second kappa shape index (κ2) is 7.93. The lowest BCUT2D eigenvalue weighted by molar-refractivity contribution is -0.387. The topological polar surface area (TPSA) is 107 Å². The van der Waals surface area contributed by atoms with Crippen molar-refractivity contribution in [2.24, 2.45) is 0 Å². The minimum Gasteiger partial charge on any atom is -0.496 e. The molecule has 0 aliphatic rings. The van der Waals surface area contributed by atoms with E-state index in [4.69, 9.17) is 16.3 Å². The number of hydrogen-bond donors (Lipinski definition) is 0. The summed E-state index contributed by atoms with van der Waals surface area (Å²) in [6, 6.07) is 8.25. The second-order valence-corrected chi connectivity index (χ2v) is 8.25. The molecule has 0 aliphatic heterocycles. The van der Waals surface area contributed by atoms with Crippen LogP contribution in [0.1, 0.15) is 15.9 Å². The summed E-state index contributed by atoms with van der Waals surface area (Å²) >= 11 is 5.98. The molecular formula is C17H17ClN2O6S. The third kappa shape index (κ3) is 4.75. The third-order valence-electron chi connectivity index (χ3n) is 3.80. The molecule has 2 aromatic rings. The normalized spacial score (nSPS) is 11.1. The Kier molecular flexibility index (Phi) is 6.07. The van der Waals surface area contributed by atoms with Crippen LogP contribution in [0.5, 0.6) is 5.75 Å². The zero-order chi connectivity index (χ0) is 20.4. The number of carbonyl (C=O) groups is 1. The summed E-state index contributed by atoms with van der Waals surface area (Å²) in [6.07, 6.45) is 0.869. The van der Waals surface area contributed by atoms with Crippen LogP contribution in [0.4, 0.5) is 5.69 Å². The summed E-state index contributed by atoms with van der Waals surface area (Å²) in [6.45, 7) is 0.143. The Bertz CT molecular complexity index is 1010. The molecule has 0 unspecified atom stereocenters. The van der Waals surface area contributed by atoms with Gasteiger partial charge in [-0.05, 0) is 30.3 Å². The highest BCUT2D eigenvalue weighted by atomic mass is 35.5. The number of halogens is 1. The van der Waals surface area contributed by atoms with Crippen LogP contribution in [-0.4, -0.2) is 44.6 Å². The fraction of sp³-hybridized carbons (Fsp3) is 0.235. The predicted molar refractivity (Wildman–Crippen MR) is 100 cm³/mol. The largest absolute Gasteiger partial charge is 0.496 e. The fourth-order valence-electron chi connectivity index (χ4n) is 2.53. The van der Waals surface area contributed by atoms with Gasteiger partial charge in [0.2, 0.25) is 0 Å². The number of nitro benzene ring substituents is 1. The third-order valence-corrected chi connectivity index (χ3v) is 5.18. The molecule has 8 nitrogen and oxygen atoms in total. The minimum atomic E-state index is -3.80. The van der Waals surface area contributed by atoms with E-state index in [0.29, 0.717) is 16.3 Å². The first-order valence-corrected chi connectivity index (χ1v) is 9.88. The molecule has 0 saturated carbocycles. The monoisotopic (exact) mass is 412 g/mol. The molecule has 0 aromatic heterocycles. The molecule has 0 heterocycles. The Morgan fingerprint density at radius 2 is 1.93 bits per heavy atom. The van der Waals surface area contributed by atoms with Gasteiger partial charge in [0.05, 0.1) is 12.0 Å². The van der Waals surface area contributed by atoms with Gasteiger partial charge in [0.25, 0.3) is 11.6 Å². The van der Waals surface area contributed by atoms with Gasteiger partial charge in [0, 0.05) is 42.1 Å². The van der Waals surface area contributed by atoms with Gasteiger partial charge in [0.15, 0.2) is 9.84 Å². The van der Waals surface area contributed by atoms with Crippen LogP contribution in [0, 0.1) is 10.1 Å². The van der Waals surface area contributed by atoms with Crippen LogP contribution < -0.4 is 4.74 Å². The Morgan fingerprint density at radius 1 is 1.26 bits per heavy atom. The number of sulfone groups is 1. The van der Waals surface area contributed by atoms with E-state index in [1.807, 2.05) is 0 Å². The first-order valence-electron chi connectivity index (χ1n) is 7.61. The maximum absolute atomic E-state index is 12.6. The quantitative estimate of drug-likeness (QED) is 0.533. The highest BCUT2D eigenvalue weighted by Gasteiger charge is 2.25. The van der Waals surface area contributed by atoms with Crippen molar-refractivity contribution in [2.45, 2.75) is 11.4 Å². The number of carbonyl (C=O) groups excluding carboxylic acids is 1. The van der Waals surface area contributed by atoms with Crippen LogP contribution in [0.25, 0.3) is 0 Å². The number of ether oxygens (including phenoxy) is 1. The van der Waals surface area contributed by atoms with E-state index in [9.17, 15) is 23.3 Å². The highest BCUT2D eigenvalue weighted by Crippen LogP contribution is 2.27. The van der Waals surface area contributed by atoms with Gasteiger partial charge in [-0.25, -0.2) is 8.42 Å². The average molecular weight is 413 g/mol. The van der Waals surface area contributed by atoms with Crippen molar-refractivity contribution in [1.82, 2.24) is 4.90 Å². The van der Waals surface area contributed by atoms with Gasteiger partial charge in [-0.2, -0.15) is 0 Å². The SMILES string of the molecule is COc1ccc(Cl)cc1CN(C)C(=O)c1ccc(S(C)(=O)=O)c([N+](=O)[O-])c1. The zero-order valence-corrected chi connectivity index (χ0v) is 16.4. The Morgan fingerprint density at radius 3 is 2.48 bits per heavy atom. The van der Waals surface area contributed by atoms with E-state index < -0.39 is 31.3 Å². The maximum Gasteiger partial charge on any atom is 0.288 e. The van der Waals surface area contributed by atoms with Crippen molar-refractivity contribution in [1.29, 1.82) is 0 Å². The molecular weight excluding hydrogens is 396 g/mol. The van der Waals surface area contributed by atoms with E-state index in [0.717, 1.165) is 18.4 Å². The lowest BCUT2D eigenvalue weighted by Crippen LogP contribution is -2.26. The summed E-state index contributed by atoms with van der Waals surface area (Å²) in [7, 11) is -0.800. The average Bonchev–Trinajstić information content (AvgIpc) is 2.59. The van der Waals surface area contributed by atoms with Gasteiger partial charge >= 0.3 is 0 Å². The van der Waals surface area contributed by atoms with E-state index in [1.165, 1.54) is 25.1 Å². The van der Waals surface area contributed by atoms with Crippen LogP contribution in [0.2, 0.25) is 5.02 Å². The second-order valence-electron chi connectivity index (χ2n) is 5.83. The van der Waals surface area contributed by atoms with Crippen molar-refractivity contribution < 1.29 is 22.9 Å². The van der Waals surface area contributed by atoms with Crippen LogP contribution in [0.15, 0.2) is 41.3 Å². The predicted octanol–water partition coefficient (Wildman–Crippen LogP) is 2.93. The van der Waals surface area contributed by atoms with Crippen LogP contribution >= 0.6 is 11.6 Å². The summed E-state index contributed by atoms with van der Waals surface area (Å²) in [5.41, 5.74) is 0.0118. The molecule has 0 saturated heterocycles. The van der Waals surface area contributed by atoms with Crippen molar-refractivity contribution in [3.8, 4) is 5.75 Å². The van der Waals surface area contributed by atoms with Gasteiger partial charge in [0.1, 0.15) is 10.6 Å². The number of amides is 1. The van der Waals surface area contributed by atoms with Gasteiger partial charge in [-0.1, -0.05) is 11.6 Å². The highest BCUT2D eigenvalue weighted by molar-refractivity contribution is 7.90. The van der Waals surface area contributed by atoms with Gasteiger partial charge < -0.3 is 9.64 Å². The zero-order valence-electron chi connectivity index (χ0n) is 14.8. The molecule has 0 bridgehead atoms. The molecule has 0 fully saturated rings. The first-order chi connectivity index (χ1) is 12.5. The number of hydrogen-bond acceptors (Lipinski definition) is 6. The summed E-state index contributed by atoms with van der Waals surface area (Å²) < 4.78 is 28.6. The summed E-state index contributed by atoms with van der Waals surface area (Å²) in [5.74, 6) is 0.0256. The molecule has 0 N–H and O–H groups in total. The van der Waals surface area contributed by atoms with Crippen LogP contribution in [-0.2, 0) is 16.4 Å². The lowest BCUT2D eigenvalue weighted by Gasteiger charge is -2.19. The summed E-state index contributed by atoms with van der Waals surface area (Å²) in [4.78, 5) is 23.9. The van der Waals surface area contributed by atoms with Crippen molar-refractivity contribution >= 4 is 33.0 Å². The van der Waals surface area contributed by atoms with Crippen molar-refractivity contribution in [2.75, 3.05) is 20.4 Å². The molecule has 0 aliphatic carbocycles. The smallest absolute Gasteiger partial charge is 0.288 e. The van der Waals surface area contributed by atoms with Crippen molar-refractivity contribution in [3.63, 3.8) is 0 Å². The number of nitro groups is 1. The number of rotatable bonds is 6. The van der Waals surface area contributed by atoms with E-state index in [1.54, 1.807) is 18.2 Å². The molecule has 27 heavy (non-hydrogen) atoms. The molecule has 10 heteroatoms. The number of nitrogens with zero attached hydrogens (tertiary/aromatic N) is 2. The number of methoxy groups -OCH3 is 1. The van der Waals surface area contributed by atoms with E-state index >= 15 is 0 Å². The fourth-order valence-corrected chi connectivity index (χ4v) is 3.55. The molecule has 144 valence electrons. The lowest BCUT2D eigenvalue weighted by atomic mass is 10.1. The Balaban J connectivity index is 2.36. The van der Waals surface area contributed by atoms with Crippen LogP contribution in [0.3, 0.4) is 0 Å². The van der Waals surface area contributed by atoms with E-state index in [-0.39, 0.29) is 12.1 Å². The van der Waals surface area contributed by atoms with Gasteiger partial charge in [-0.15, -0.1) is 0 Å². The molecule has 0 spiro atoms. The van der Waals surface area contributed by atoms with E-state index in [2.05, 4.69) is 0 Å². The van der Waals surface area contributed by atoms with Crippen molar-refractivity contribution in [3.05, 3.63) is 62.7 Å². The standard InChI is InChI=1S/C17H17ClN2O6S/c1-19(10-12-8-13(18)5-6-15(12)26-2)17(21)11-4-7-16(27(3,24)25)14(9-11)20(22)23/h4-9H,10H2,1-3H3. The molecule has 2 aromatic carbocycles. The minimum absolute atomic E-state index is 0.00223. The number of benzene rings is 2. The molecule has 0 atom stereocenters. The van der Waals surface area contributed by atoms with Gasteiger partial charge in [-0.3, -0.25) is 14.9 Å². The molecule has 1 amide bonds. The molecule has 0 radical (unpaired) electrons. The maximum atomic E-state index is 12.6. The molecule has 2 rings (SSSR count). The Hall–Kier alpha value is -2.65. The summed E-state index contributed by atoms with van der Waals surface area (Å²) in [5, 5.41) is 11.7.